The predicted octanol–water partition coefficient (Wildman–Crippen LogP) is 0.698. The van der Waals surface area contributed by atoms with Crippen LogP contribution in [0.25, 0.3) is 0 Å². The summed E-state index contributed by atoms with van der Waals surface area (Å²) >= 11 is 0. The van der Waals surface area contributed by atoms with E-state index in [2.05, 4.69) is 16.0 Å². The van der Waals surface area contributed by atoms with Gasteiger partial charge in [-0.05, 0) is 26.2 Å². The molecule has 0 heterocycles. The van der Waals surface area contributed by atoms with Crippen LogP contribution in [0, 0.1) is 5.41 Å². The third-order valence-corrected chi connectivity index (χ3v) is 2.56. The van der Waals surface area contributed by atoms with Crippen molar-refractivity contribution in [1.82, 2.24) is 16.0 Å². The highest BCUT2D eigenvalue weighted by Gasteiger charge is 2.33. The van der Waals surface area contributed by atoms with Crippen molar-refractivity contribution in [3.05, 3.63) is 0 Å². The molecule has 0 spiro atoms. The summed E-state index contributed by atoms with van der Waals surface area (Å²) in [6, 6.07) is -2.50. The molecule has 0 fully saturated rings. The normalized spacial score (nSPS) is 14.3. The predicted molar refractivity (Wildman–Crippen MR) is 75.3 cm³/mol. The standard InChI is InChI=1S/C13H25N3O4/c1-7(2)14-10(17)8(3)15-12(20)16-9(11(18)19)13(4,5)6/h7-9H,1-6H3,(H,14,17)(H,18,19)(H2,15,16,20). The first-order chi connectivity index (χ1) is 8.95. The quantitative estimate of drug-likeness (QED) is 0.597. The van der Waals surface area contributed by atoms with Crippen molar-refractivity contribution in [1.29, 1.82) is 0 Å². The second kappa shape index (κ2) is 7.12. The van der Waals surface area contributed by atoms with Gasteiger partial charge in [0.25, 0.3) is 0 Å². The van der Waals surface area contributed by atoms with Crippen LogP contribution >= 0.6 is 0 Å². The number of nitrogens with one attached hydrogen (secondary N) is 3. The highest BCUT2D eigenvalue weighted by Crippen LogP contribution is 2.19. The molecular weight excluding hydrogens is 262 g/mol. The van der Waals surface area contributed by atoms with Crippen LogP contribution in [-0.2, 0) is 9.59 Å². The summed E-state index contributed by atoms with van der Waals surface area (Å²) in [5.41, 5.74) is -0.632. The van der Waals surface area contributed by atoms with Crippen molar-refractivity contribution >= 4 is 17.9 Å². The zero-order valence-corrected chi connectivity index (χ0v) is 12.9. The lowest BCUT2D eigenvalue weighted by atomic mass is 9.87. The molecular formula is C13H25N3O4. The van der Waals surface area contributed by atoms with Gasteiger partial charge in [-0.15, -0.1) is 0 Å². The van der Waals surface area contributed by atoms with E-state index in [-0.39, 0.29) is 11.9 Å². The molecule has 0 rings (SSSR count). The molecule has 3 amide bonds. The third-order valence-electron chi connectivity index (χ3n) is 2.56. The van der Waals surface area contributed by atoms with E-state index in [0.717, 1.165) is 0 Å². The summed E-state index contributed by atoms with van der Waals surface area (Å²) in [6.07, 6.45) is 0. The molecule has 2 unspecified atom stereocenters. The highest BCUT2D eigenvalue weighted by atomic mass is 16.4. The van der Waals surface area contributed by atoms with Gasteiger partial charge in [0.2, 0.25) is 5.91 Å². The molecule has 0 aromatic carbocycles. The van der Waals surface area contributed by atoms with Crippen molar-refractivity contribution < 1.29 is 19.5 Å². The topological polar surface area (TPSA) is 108 Å². The lowest BCUT2D eigenvalue weighted by molar-refractivity contribution is -0.141. The van der Waals surface area contributed by atoms with Gasteiger partial charge in [-0.25, -0.2) is 9.59 Å². The van der Waals surface area contributed by atoms with E-state index in [1.807, 2.05) is 13.8 Å². The van der Waals surface area contributed by atoms with Crippen molar-refractivity contribution in [2.45, 2.75) is 59.7 Å². The second-order valence-corrected chi connectivity index (χ2v) is 6.14. The molecule has 0 saturated heterocycles. The Hall–Kier alpha value is -1.79. The molecule has 0 radical (unpaired) electrons. The average Bonchev–Trinajstić information content (AvgIpc) is 2.22. The van der Waals surface area contributed by atoms with Gasteiger partial charge in [0.1, 0.15) is 12.1 Å². The minimum atomic E-state index is -1.12. The maximum atomic E-state index is 11.7. The Kier molecular flexibility index (Phi) is 6.48. The fourth-order valence-corrected chi connectivity index (χ4v) is 1.49. The monoisotopic (exact) mass is 287 g/mol. The number of amides is 3. The van der Waals surface area contributed by atoms with Gasteiger partial charge in [0.05, 0.1) is 0 Å². The SMILES string of the molecule is CC(C)NC(=O)C(C)NC(=O)NC(C(=O)O)C(C)(C)C. The highest BCUT2D eigenvalue weighted by molar-refractivity contribution is 5.88. The van der Waals surface area contributed by atoms with E-state index in [1.165, 1.54) is 6.92 Å². The van der Waals surface area contributed by atoms with Crippen LogP contribution in [0.15, 0.2) is 0 Å². The molecule has 7 heteroatoms. The number of carboxylic acids is 1. The van der Waals surface area contributed by atoms with Gasteiger partial charge in [0, 0.05) is 6.04 Å². The number of hydrogen-bond donors (Lipinski definition) is 4. The Morgan fingerprint density at radius 1 is 0.950 bits per heavy atom. The molecule has 0 saturated carbocycles. The maximum Gasteiger partial charge on any atom is 0.326 e. The summed E-state index contributed by atoms with van der Waals surface area (Å²) in [6.45, 7) is 10.3. The van der Waals surface area contributed by atoms with Crippen molar-refractivity contribution in [3.8, 4) is 0 Å². The first kappa shape index (κ1) is 18.2. The van der Waals surface area contributed by atoms with Gasteiger partial charge in [-0.1, -0.05) is 20.8 Å². The first-order valence-electron chi connectivity index (χ1n) is 6.55. The molecule has 0 bridgehead atoms. The molecule has 0 aromatic heterocycles. The van der Waals surface area contributed by atoms with E-state index in [9.17, 15) is 14.4 Å². The lowest BCUT2D eigenvalue weighted by Gasteiger charge is -2.28. The van der Waals surface area contributed by atoms with Gasteiger partial charge < -0.3 is 21.1 Å². The Labute approximate surface area is 119 Å². The Bertz CT molecular complexity index is 374. The third kappa shape index (κ3) is 6.40. The Balaban J connectivity index is 4.55. The molecule has 2 atom stereocenters. The van der Waals surface area contributed by atoms with Gasteiger partial charge in [-0.2, -0.15) is 0 Å². The molecule has 0 aliphatic rings. The number of carbonyl (C=O) groups excluding carboxylic acids is 2. The molecule has 0 aliphatic carbocycles. The molecule has 0 aromatic rings. The van der Waals surface area contributed by atoms with Crippen LogP contribution in [0.4, 0.5) is 4.79 Å². The number of aliphatic carboxylic acids is 1. The zero-order chi connectivity index (χ0) is 16.1. The minimum absolute atomic E-state index is 0.0313. The number of carbonyl (C=O) groups is 3. The first-order valence-corrected chi connectivity index (χ1v) is 6.55. The number of carboxylic acid groups (broad SMARTS) is 1. The Morgan fingerprint density at radius 2 is 1.45 bits per heavy atom. The molecule has 20 heavy (non-hydrogen) atoms. The van der Waals surface area contributed by atoms with Crippen molar-refractivity contribution in [2.24, 2.45) is 5.41 Å². The van der Waals surface area contributed by atoms with Crippen LogP contribution in [0.1, 0.15) is 41.5 Å². The number of hydrogen-bond acceptors (Lipinski definition) is 3. The zero-order valence-electron chi connectivity index (χ0n) is 12.9. The summed E-state index contributed by atoms with van der Waals surface area (Å²) in [5, 5.41) is 16.5. The van der Waals surface area contributed by atoms with Gasteiger partial charge in [0.15, 0.2) is 0 Å². The molecule has 4 N–H and O–H groups in total. The fraction of sp³-hybridized carbons (Fsp3) is 0.769. The van der Waals surface area contributed by atoms with Crippen LogP contribution in [0.5, 0.6) is 0 Å². The maximum absolute atomic E-state index is 11.7. The molecule has 116 valence electrons. The van der Waals surface area contributed by atoms with Crippen molar-refractivity contribution in [3.63, 3.8) is 0 Å². The van der Waals surface area contributed by atoms with E-state index >= 15 is 0 Å². The van der Waals surface area contributed by atoms with E-state index in [4.69, 9.17) is 5.11 Å². The van der Waals surface area contributed by atoms with Crippen molar-refractivity contribution in [2.75, 3.05) is 0 Å². The van der Waals surface area contributed by atoms with Gasteiger partial charge >= 0.3 is 12.0 Å². The average molecular weight is 287 g/mol. The van der Waals surface area contributed by atoms with Crippen LogP contribution in [0.3, 0.4) is 0 Å². The van der Waals surface area contributed by atoms with E-state index < -0.39 is 29.5 Å². The summed E-state index contributed by atoms with van der Waals surface area (Å²) < 4.78 is 0. The van der Waals surface area contributed by atoms with Crippen LogP contribution in [0.2, 0.25) is 0 Å². The van der Waals surface area contributed by atoms with Crippen LogP contribution < -0.4 is 16.0 Å². The minimum Gasteiger partial charge on any atom is -0.480 e. The Morgan fingerprint density at radius 3 is 1.80 bits per heavy atom. The second-order valence-electron chi connectivity index (χ2n) is 6.14. The lowest BCUT2D eigenvalue weighted by Crippen LogP contribution is -2.56. The van der Waals surface area contributed by atoms with E-state index in [1.54, 1.807) is 20.8 Å². The van der Waals surface area contributed by atoms with Gasteiger partial charge in [-0.3, -0.25) is 4.79 Å². The summed E-state index contributed by atoms with van der Waals surface area (Å²) in [7, 11) is 0. The summed E-state index contributed by atoms with van der Waals surface area (Å²) in [5.74, 6) is -1.44. The number of rotatable bonds is 5. The largest absolute Gasteiger partial charge is 0.480 e. The smallest absolute Gasteiger partial charge is 0.326 e. The van der Waals surface area contributed by atoms with Crippen LogP contribution in [-0.4, -0.2) is 41.1 Å². The molecule has 7 nitrogen and oxygen atoms in total. The number of urea groups is 1. The van der Waals surface area contributed by atoms with E-state index in [0.29, 0.717) is 0 Å². The molecule has 0 aliphatic heterocycles. The fourth-order valence-electron chi connectivity index (χ4n) is 1.49. The summed E-state index contributed by atoms with van der Waals surface area (Å²) in [4.78, 5) is 34.5.